The van der Waals surface area contributed by atoms with Crippen LogP contribution in [0.1, 0.15) is 24.5 Å². The predicted molar refractivity (Wildman–Crippen MR) is 74.6 cm³/mol. The number of Topliss-reactive ketones (excluding diaryl/α,β-unsaturated/α-hetero) is 1. The molecule has 0 bridgehead atoms. The van der Waals surface area contributed by atoms with Gasteiger partial charge in [-0.3, -0.25) is 4.79 Å². The Morgan fingerprint density at radius 2 is 1.88 bits per heavy atom. The van der Waals surface area contributed by atoms with Crippen LogP contribution in [-0.2, 0) is 4.79 Å². The molecule has 1 unspecified atom stereocenters. The second-order valence-electron chi connectivity index (χ2n) is 4.96. The smallest absolute Gasteiger partial charge is 0.139 e. The first kappa shape index (κ1) is 12.6. The minimum absolute atomic E-state index is 0.160. The van der Waals surface area contributed by atoms with Gasteiger partial charge in [0.15, 0.2) is 0 Å². The van der Waals surface area contributed by atoms with Crippen molar-refractivity contribution in [3.8, 4) is 0 Å². The highest BCUT2D eigenvalue weighted by Crippen LogP contribution is 2.29. The minimum Gasteiger partial charge on any atom is -0.370 e. The van der Waals surface area contributed by atoms with E-state index in [0.717, 1.165) is 13.1 Å². The minimum atomic E-state index is 0.160. The molecule has 3 heteroatoms. The molecule has 0 aliphatic carbocycles. The molecule has 1 heterocycles. The number of rotatable bonds is 1. The van der Waals surface area contributed by atoms with E-state index < -0.39 is 0 Å². The van der Waals surface area contributed by atoms with E-state index in [1.54, 1.807) is 0 Å². The van der Waals surface area contributed by atoms with Crippen LogP contribution in [0.3, 0.4) is 0 Å². The summed E-state index contributed by atoms with van der Waals surface area (Å²) in [5.74, 6) is 0.555. The molecule has 1 aromatic rings. The second kappa shape index (κ2) is 4.81. The number of piperidine rings is 1. The van der Waals surface area contributed by atoms with Gasteiger partial charge in [0, 0.05) is 35.6 Å². The number of carbonyl (C=O) groups excluding carboxylic acids is 1. The molecule has 2 nitrogen and oxygen atoms in total. The van der Waals surface area contributed by atoms with Gasteiger partial charge in [-0.25, -0.2) is 0 Å². The van der Waals surface area contributed by atoms with Crippen LogP contribution in [0.2, 0.25) is 0 Å². The van der Waals surface area contributed by atoms with Gasteiger partial charge in [0.1, 0.15) is 5.78 Å². The quantitative estimate of drug-likeness (QED) is 0.791. The summed E-state index contributed by atoms with van der Waals surface area (Å²) in [6.07, 6.45) is 0.676. The lowest BCUT2D eigenvalue weighted by atomic mass is 9.97. The molecule has 0 saturated carbocycles. The van der Waals surface area contributed by atoms with Crippen molar-refractivity contribution in [1.82, 2.24) is 0 Å². The van der Waals surface area contributed by atoms with E-state index in [2.05, 4.69) is 46.8 Å². The molecule has 1 saturated heterocycles. The highest BCUT2D eigenvalue weighted by atomic mass is 79.9. The van der Waals surface area contributed by atoms with Gasteiger partial charge in [-0.15, -0.1) is 0 Å². The van der Waals surface area contributed by atoms with E-state index in [4.69, 9.17) is 0 Å². The maximum atomic E-state index is 11.5. The van der Waals surface area contributed by atoms with Gasteiger partial charge in [0.2, 0.25) is 0 Å². The molecular weight excluding hydrogens is 278 g/mol. The number of hydrogen-bond donors (Lipinski definition) is 0. The number of anilines is 1. The summed E-state index contributed by atoms with van der Waals surface area (Å²) >= 11 is 3.59. The summed E-state index contributed by atoms with van der Waals surface area (Å²) in [5, 5.41) is 0. The zero-order chi connectivity index (χ0) is 12.6. The average molecular weight is 296 g/mol. The summed E-state index contributed by atoms with van der Waals surface area (Å²) in [5.41, 5.74) is 3.75. The van der Waals surface area contributed by atoms with Gasteiger partial charge in [0.05, 0.1) is 0 Å². The molecule has 0 radical (unpaired) electrons. The second-order valence-corrected chi connectivity index (χ2v) is 5.75. The number of carbonyl (C=O) groups is 1. The fourth-order valence-electron chi connectivity index (χ4n) is 2.36. The molecule has 2 rings (SSSR count). The van der Waals surface area contributed by atoms with Gasteiger partial charge in [0.25, 0.3) is 0 Å². The van der Waals surface area contributed by atoms with Crippen LogP contribution in [0.25, 0.3) is 0 Å². The molecule has 0 aromatic heterocycles. The van der Waals surface area contributed by atoms with E-state index in [1.807, 2.05) is 6.92 Å². The number of halogens is 1. The third kappa shape index (κ3) is 2.54. The Kier molecular flexibility index (Phi) is 3.57. The third-order valence-electron chi connectivity index (χ3n) is 3.46. The molecule has 1 aromatic carbocycles. The Hall–Kier alpha value is -0.830. The molecule has 0 N–H and O–H groups in total. The Bertz CT molecular complexity index is 433. The van der Waals surface area contributed by atoms with E-state index in [9.17, 15) is 4.79 Å². The van der Waals surface area contributed by atoms with Crippen LogP contribution in [0.15, 0.2) is 16.6 Å². The molecule has 0 amide bonds. The molecular formula is C14H18BrNO. The predicted octanol–water partition coefficient (Wildman–Crippen LogP) is 3.48. The molecule has 1 fully saturated rings. The van der Waals surface area contributed by atoms with Crippen molar-refractivity contribution in [1.29, 1.82) is 0 Å². The molecule has 17 heavy (non-hydrogen) atoms. The summed E-state index contributed by atoms with van der Waals surface area (Å²) < 4.78 is 1.18. The lowest BCUT2D eigenvalue weighted by molar-refractivity contribution is -0.122. The normalized spacial score (nSPS) is 20.8. The van der Waals surface area contributed by atoms with E-state index in [0.29, 0.717) is 12.2 Å². The number of ketones is 1. The van der Waals surface area contributed by atoms with Crippen LogP contribution in [0.5, 0.6) is 0 Å². The number of benzene rings is 1. The van der Waals surface area contributed by atoms with Crippen LogP contribution in [0.4, 0.5) is 5.69 Å². The van der Waals surface area contributed by atoms with Crippen molar-refractivity contribution in [3.63, 3.8) is 0 Å². The Morgan fingerprint density at radius 1 is 1.29 bits per heavy atom. The fourth-order valence-corrected chi connectivity index (χ4v) is 2.58. The largest absolute Gasteiger partial charge is 0.370 e. The molecule has 1 aliphatic heterocycles. The van der Waals surface area contributed by atoms with Gasteiger partial charge in [-0.1, -0.05) is 22.9 Å². The van der Waals surface area contributed by atoms with E-state index in [1.165, 1.54) is 21.3 Å². The van der Waals surface area contributed by atoms with Crippen molar-refractivity contribution in [3.05, 3.63) is 27.7 Å². The summed E-state index contributed by atoms with van der Waals surface area (Å²) in [4.78, 5) is 13.8. The van der Waals surface area contributed by atoms with Crippen molar-refractivity contribution in [2.45, 2.75) is 27.2 Å². The topological polar surface area (TPSA) is 20.3 Å². The Morgan fingerprint density at radius 3 is 2.41 bits per heavy atom. The first-order valence-corrected chi connectivity index (χ1v) is 6.82. The van der Waals surface area contributed by atoms with Gasteiger partial charge in [-0.05, 0) is 37.1 Å². The van der Waals surface area contributed by atoms with Crippen LogP contribution >= 0.6 is 15.9 Å². The lowest BCUT2D eigenvalue weighted by Crippen LogP contribution is -2.39. The Labute approximate surface area is 111 Å². The van der Waals surface area contributed by atoms with Gasteiger partial charge < -0.3 is 4.90 Å². The third-order valence-corrected chi connectivity index (χ3v) is 4.71. The van der Waals surface area contributed by atoms with Crippen molar-refractivity contribution in [2.24, 2.45) is 5.92 Å². The van der Waals surface area contributed by atoms with E-state index in [-0.39, 0.29) is 5.92 Å². The standard InChI is InChI=1S/C14H18BrNO/c1-9-6-12(7-10(2)14(9)15)16-5-4-13(17)11(3)8-16/h6-7,11H,4-5,8H2,1-3H3. The SMILES string of the molecule is Cc1cc(N2CCC(=O)C(C)C2)cc(C)c1Br. The first-order chi connectivity index (χ1) is 7.99. The maximum absolute atomic E-state index is 11.5. The Balaban J connectivity index is 2.26. The summed E-state index contributed by atoms with van der Waals surface area (Å²) in [6, 6.07) is 4.39. The maximum Gasteiger partial charge on any atom is 0.139 e. The average Bonchev–Trinajstić information content (AvgIpc) is 2.29. The molecule has 0 spiro atoms. The zero-order valence-electron chi connectivity index (χ0n) is 10.6. The van der Waals surface area contributed by atoms with Crippen molar-refractivity contribution >= 4 is 27.4 Å². The molecule has 92 valence electrons. The van der Waals surface area contributed by atoms with Crippen molar-refractivity contribution in [2.75, 3.05) is 18.0 Å². The number of aryl methyl sites for hydroxylation is 2. The lowest BCUT2D eigenvalue weighted by Gasteiger charge is -2.32. The highest BCUT2D eigenvalue weighted by molar-refractivity contribution is 9.10. The highest BCUT2D eigenvalue weighted by Gasteiger charge is 2.23. The van der Waals surface area contributed by atoms with Gasteiger partial charge >= 0.3 is 0 Å². The van der Waals surface area contributed by atoms with Crippen LogP contribution < -0.4 is 4.90 Å². The van der Waals surface area contributed by atoms with Gasteiger partial charge in [-0.2, -0.15) is 0 Å². The van der Waals surface area contributed by atoms with E-state index >= 15 is 0 Å². The molecule has 1 aliphatic rings. The zero-order valence-corrected chi connectivity index (χ0v) is 12.2. The fraction of sp³-hybridized carbons (Fsp3) is 0.500. The van der Waals surface area contributed by atoms with Crippen LogP contribution in [-0.4, -0.2) is 18.9 Å². The number of hydrogen-bond acceptors (Lipinski definition) is 2. The number of nitrogens with zero attached hydrogens (tertiary/aromatic N) is 1. The monoisotopic (exact) mass is 295 g/mol. The summed E-state index contributed by atoms with van der Waals surface area (Å²) in [6.45, 7) is 7.94. The van der Waals surface area contributed by atoms with Crippen LogP contribution in [0, 0.1) is 19.8 Å². The summed E-state index contributed by atoms with van der Waals surface area (Å²) in [7, 11) is 0. The first-order valence-electron chi connectivity index (χ1n) is 6.03. The van der Waals surface area contributed by atoms with Crippen molar-refractivity contribution < 1.29 is 4.79 Å². The molecule has 1 atom stereocenters.